The maximum Gasteiger partial charge on any atom is 0.178 e. The van der Waals surface area contributed by atoms with Crippen molar-refractivity contribution < 1.29 is 9.90 Å². The van der Waals surface area contributed by atoms with Crippen molar-refractivity contribution in [2.75, 3.05) is 0 Å². The number of aliphatic hydroxyl groups is 1. The van der Waals surface area contributed by atoms with Gasteiger partial charge in [-0.15, -0.1) is 0 Å². The van der Waals surface area contributed by atoms with Gasteiger partial charge < -0.3 is 5.11 Å². The molecule has 0 aromatic rings. The molecule has 0 aliphatic heterocycles. The summed E-state index contributed by atoms with van der Waals surface area (Å²) in [5, 5.41) is 11.4. The molecule has 0 radical (unpaired) electrons. The number of carbonyl (C=O) groups excluding carboxylic acids is 1. The van der Waals surface area contributed by atoms with E-state index < -0.39 is 6.10 Å². The smallest absolute Gasteiger partial charge is 0.178 e. The Morgan fingerprint density at radius 1 is 1.29 bits per heavy atom. The molecule has 4 aliphatic carbocycles. The normalized spacial score (nSPS) is 50.4. The summed E-state index contributed by atoms with van der Waals surface area (Å²) < 4.78 is 0. The topological polar surface area (TPSA) is 37.3 Å². The molecule has 3 heteroatoms. The SMILES string of the molecule is C[C@@H]1CC2=CC(=O)C=C[C@]2(C)[C@H]2CC[C@]3(C)C(O)C(Cl)=CC[C@H]3[C@H]12. The number of ketones is 1. The lowest BCUT2D eigenvalue weighted by Gasteiger charge is -2.61. The lowest BCUT2D eigenvalue weighted by atomic mass is 9.44. The lowest BCUT2D eigenvalue weighted by molar-refractivity contribution is -0.113. The number of allylic oxidation sites excluding steroid dienone is 5. The van der Waals surface area contributed by atoms with E-state index in [0.29, 0.717) is 28.7 Å². The zero-order valence-corrected chi connectivity index (χ0v) is 15.5. The molecule has 0 saturated heterocycles. The van der Waals surface area contributed by atoms with E-state index in [0.717, 1.165) is 25.7 Å². The Balaban J connectivity index is 1.76. The molecule has 0 aromatic carbocycles. The van der Waals surface area contributed by atoms with E-state index in [1.165, 1.54) is 5.57 Å². The molecule has 0 heterocycles. The number of halogens is 1. The summed E-state index contributed by atoms with van der Waals surface area (Å²) in [5.74, 6) is 2.26. The van der Waals surface area contributed by atoms with Gasteiger partial charge >= 0.3 is 0 Å². The van der Waals surface area contributed by atoms with Gasteiger partial charge in [0.1, 0.15) is 0 Å². The van der Waals surface area contributed by atoms with Gasteiger partial charge in [0.15, 0.2) is 5.78 Å². The number of carbonyl (C=O) groups is 1. The summed E-state index contributed by atoms with van der Waals surface area (Å²) in [7, 11) is 0. The Kier molecular flexibility index (Phi) is 3.68. The summed E-state index contributed by atoms with van der Waals surface area (Å²) in [6.45, 7) is 6.88. The summed E-state index contributed by atoms with van der Waals surface area (Å²) >= 11 is 6.30. The van der Waals surface area contributed by atoms with Gasteiger partial charge in [0.2, 0.25) is 0 Å². The molecule has 1 N–H and O–H groups in total. The Bertz CT molecular complexity index is 675. The van der Waals surface area contributed by atoms with Gasteiger partial charge in [0.05, 0.1) is 6.10 Å². The first-order valence-corrected chi connectivity index (χ1v) is 9.63. The van der Waals surface area contributed by atoms with Crippen LogP contribution in [-0.2, 0) is 4.79 Å². The Morgan fingerprint density at radius 3 is 2.79 bits per heavy atom. The monoisotopic (exact) mass is 346 g/mol. The highest BCUT2D eigenvalue weighted by Crippen LogP contribution is 2.64. The second-order valence-corrected chi connectivity index (χ2v) is 9.37. The molecule has 1 unspecified atom stereocenters. The summed E-state index contributed by atoms with van der Waals surface area (Å²) in [4.78, 5) is 11.9. The van der Waals surface area contributed by atoms with E-state index in [9.17, 15) is 9.90 Å². The first kappa shape index (κ1) is 16.6. The third-order valence-electron chi connectivity index (χ3n) is 7.79. The maximum atomic E-state index is 11.9. The number of hydrogen-bond donors (Lipinski definition) is 1. The zero-order valence-electron chi connectivity index (χ0n) is 14.8. The number of hydrogen-bond acceptors (Lipinski definition) is 2. The molecular weight excluding hydrogens is 320 g/mol. The second kappa shape index (κ2) is 5.32. The van der Waals surface area contributed by atoms with Gasteiger partial charge in [-0.2, -0.15) is 0 Å². The molecule has 7 atom stereocenters. The van der Waals surface area contributed by atoms with Crippen LogP contribution in [0.1, 0.15) is 46.5 Å². The molecular formula is C21H27ClO2. The van der Waals surface area contributed by atoms with Crippen molar-refractivity contribution in [3.8, 4) is 0 Å². The molecule has 4 aliphatic rings. The first-order chi connectivity index (χ1) is 11.3. The number of aliphatic hydroxyl groups excluding tert-OH is 1. The molecule has 130 valence electrons. The van der Waals surface area contributed by atoms with Crippen LogP contribution in [0.2, 0.25) is 0 Å². The molecule has 0 aromatic heterocycles. The molecule has 0 spiro atoms. The minimum absolute atomic E-state index is 0.00231. The fourth-order valence-corrected chi connectivity index (χ4v) is 6.69. The molecule has 2 nitrogen and oxygen atoms in total. The van der Waals surface area contributed by atoms with Crippen LogP contribution in [0, 0.1) is 34.5 Å². The zero-order chi connectivity index (χ0) is 17.3. The molecule has 2 fully saturated rings. The van der Waals surface area contributed by atoms with Crippen LogP contribution in [0.25, 0.3) is 0 Å². The standard InChI is InChI=1S/C21H27ClO2/c1-12-10-13-11-14(23)6-8-20(13,2)16-7-9-21(3)15(18(12)16)4-5-17(22)19(21)24/h5-6,8,11-12,15-16,18-19,24H,4,7,9-10H2,1-3H3/t12-,15+,16+,18+,19?,20+,21+/m1/s1. The molecule has 4 rings (SSSR count). The van der Waals surface area contributed by atoms with Crippen molar-refractivity contribution >= 4 is 17.4 Å². The summed E-state index contributed by atoms with van der Waals surface area (Å²) in [5.41, 5.74) is 1.20. The largest absolute Gasteiger partial charge is 0.387 e. The van der Waals surface area contributed by atoms with Crippen LogP contribution in [0.5, 0.6) is 0 Å². The van der Waals surface area contributed by atoms with Crippen molar-refractivity contribution in [1.82, 2.24) is 0 Å². The summed E-state index contributed by atoms with van der Waals surface area (Å²) in [6.07, 6.45) is 11.4. The van der Waals surface area contributed by atoms with Crippen molar-refractivity contribution in [3.63, 3.8) is 0 Å². The molecule has 0 amide bonds. The van der Waals surface area contributed by atoms with Crippen LogP contribution >= 0.6 is 11.6 Å². The van der Waals surface area contributed by atoms with E-state index in [2.05, 4.69) is 26.8 Å². The fourth-order valence-electron chi connectivity index (χ4n) is 6.35. The van der Waals surface area contributed by atoms with Gasteiger partial charge in [-0.05, 0) is 61.5 Å². The minimum atomic E-state index is -0.528. The Hall–Kier alpha value is -0.860. The highest BCUT2D eigenvalue weighted by Gasteiger charge is 2.58. The fraction of sp³-hybridized carbons (Fsp3) is 0.667. The van der Waals surface area contributed by atoms with Crippen molar-refractivity contribution in [1.29, 1.82) is 0 Å². The van der Waals surface area contributed by atoms with Gasteiger partial charge in [0.25, 0.3) is 0 Å². The average Bonchev–Trinajstić information content (AvgIpc) is 2.53. The van der Waals surface area contributed by atoms with Crippen molar-refractivity contribution in [3.05, 3.63) is 34.9 Å². The van der Waals surface area contributed by atoms with Crippen LogP contribution in [0.4, 0.5) is 0 Å². The number of rotatable bonds is 0. The lowest BCUT2D eigenvalue weighted by Crippen LogP contribution is -2.56. The number of fused-ring (bicyclic) bond motifs is 5. The molecule has 24 heavy (non-hydrogen) atoms. The third-order valence-corrected chi connectivity index (χ3v) is 8.16. The highest BCUT2D eigenvalue weighted by atomic mass is 35.5. The minimum Gasteiger partial charge on any atom is -0.387 e. The molecule has 0 bridgehead atoms. The van der Waals surface area contributed by atoms with Crippen LogP contribution in [0.15, 0.2) is 34.9 Å². The van der Waals surface area contributed by atoms with Crippen LogP contribution in [0.3, 0.4) is 0 Å². The maximum absolute atomic E-state index is 11.9. The van der Waals surface area contributed by atoms with Crippen molar-refractivity contribution in [2.24, 2.45) is 34.5 Å². The first-order valence-electron chi connectivity index (χ1n) is 9.25. The average molecular weight is 347 g/mol. The summed E-state index contributed by atoms with van der Waals surface area (Å²) in [6, 6.07) is 0. The van der Waals surface area contributed by atoms with Crippen LogP contribution < -0.4 is 0 Å². The van der Waals surface area contributed by atoms with E-state index >= 15 is 0 Å². The van der Waals surface area contributed by atoms with Gasteiger partial charge in [0, 0.05) is 15.9 Å². The Labute approximate surface area is 149 Å². The van der Waals surface area contributed by atoms with E-state index in [1.54, 1.807) is 6.08 Å². The third kappa shape index (κ3) is 2.08. The van der Waals surface area contributed by atoms with E-state index in [1.807, 2.05) is 12.2 Å². The second-order valence-electron chi connectivity index (χ2n) is 8.93. The van der Waals surface area contributed by atoms with E-state index in [4.69, 9.17) is 11.6 Å². The quantitative estimate of drug-likeness (QED) is 0.694. The van der Waals surface area contributed by atoms with Crippen LogP contribution in [-0.4, -0.2) is 17.0 Å². The Morgan fingerprint density at radius 2 is 2.04 bits per heavy atom. The van der Waals surface area contributed by atoms with Gasteiger partial charge in [-0.3, -0.25) is 4.79 Å². The van der Waals surface area contributed by atoms with Gasteiger partial charge in [-0.1, -0.05) is 50.1 Å². The van der Waals surface area contributed by atoms with Gasteiger partial charge in [-0.25, -0.2) is 0 Å². The predicted octanol–water partition coefficient (Wildman–Crippen LogP) is 4.63. The van der Waals surface area contributed by atoms with E-state index in [-0.39, 0.29) is 16.6 Å². The predicted molar refractivity (Wildman–Crippen MR) is 96.5 cm³/mol. The molecule has 2 saturated carbocycles. The highest BCUT2D eigenvalue weighted by molar-refractivity contribution is 6.30. The van der Waals surface area contributed by atoms with Crippen molar-refractivity contribution in [2.45, 2.75) is 52.6 Å².